The summed E-state index contributed by atoms with van der Waals surface area (Å²) in [7, 11) is 0. The van der Waals surface area contributed by atoms with Crippen LogP contribution in [0.3, 0.4) is 0 Å². The van der Waals surface area contributed by atoms with Crippen molar-refractivity contribution >= 4 is 0 Å². The average molecular weight is 184 g/mol. The van der Waals surface area contributed by atoms with E-state index >= 15 is 0 Å². The first-order valence-corrected chi connectivity index (χ1v) is 5.57. The summed E-state index contributed by atoms with van der Waals surface area (Å²) in [5.41, 5.74) is 6.20. The third kappa shape index (κ3) is 4.63. The first-order valence-electron chi connectivity index (χ1n) is 5.57. The van der Waals surface area contributed by atoms with Gasteiger partial charge >= 0.3 is 0 Å². The number of nitrogens with one attached hydrogen (secondary N) is 1. The van der Waals surface area contributed by atoms with Gasteiger partial charge < -0.3 is 11.1 Å². The highest BCUT2D eigenvalue weighted by molar-refractivity contribution is 4.90. The Morgan fingerprint density at radius 2 is 2.15 bits per heavy atom. The van der Waals surface area contributed by atoms with Gasteiger partial charge in [0.05, 0.1) is 0 Å². The summed E-state index contributed by atoms with van der Waals surface area (Å²) in [5, 5.41) is 3.53. The van der Waals surface area contributed by atoms with Gasteiger partial charge in [-0.2, -0.15) is 0 Å². The van der Waals surface area contributed by atoms with Crippen LogP contribution in [0.4, 0.5) is 0 Å². The summed E-state index contributed by atoms with van der Waals surface area (Å²) in [5.74, 6) is 0.693. The van der Waals surface area contributed by atoms with Crippen molar-refractivity contribution in [3.8, 4) is 0 Å². The number of hydrogen-bond donors (Lipinski definition) is 2. The molecule has 78 valence electrons. The maximum atomic E-state index is 5.55. The Morgan fingerprint density at radius 1 is 1.46 bits per heavy atom. The summed E-state index contributed by atoms with van der Waals surface area (Å²) in [6.07, 6.45) is 5.37. The van der Waals surface area contributed by atoms with Crippen molar-refractivity contribution in [1.82, 2.24) is 5.32 Å². The minimum Gasteiger partial charge on any atom is -0.330 e. The van der Waals surface area contributed by atoms with Crippen LogP contribution in [0.2, 0.25) is 0 Å². The molecule has 0 bridgehead atoms. The second-order valence-electron chi connectivity index (χ2n) is 4.97. The van der Waals surface area contributed by atoms with Crippen LogP contribution in [0, 0.1) is 11.3 Å². The molecule has 2 heteroatoms. The maximum Gasteiger partial charge on any atom is 0.000517 e. The SMILES string of the molecule is CC(CN)CCCNCC1(C)CC1. The lowest BCUT2D eigenvalue weighted by atomic mass is 10.1. The molecule has 1 rings (SSSR count). The van der Waals surface area contributed by atoms with Crippen LogP contribution in [0.1, 0.15) is 39.5 Å². The largest absolute Gasteiger partial charge is 0.330 e. The molecule has 0 aromatic rings. The van der Waals surface area contributed by atoms with Crippen molar-refractivity contribution in [2.45, 2.75) is 39.5 Å². The zero-order chi connectivity index (χ0) is 9.73. The van der Waals surface area contributed by atoms with E-state index in [-0.39, 0.29) is 0 Å². The minimum absolute atomic E-state index is 0.652. The Labute approximate surface area is 82.3 Å². The minimum atomic E-state index is 0.652. The molecule has 1 unspecified atom stereocenters. The van der Waals surface area contributed by atoms with E-state index in [4.69, 9.17) is 5.73 Å². The maximum absolute atomic E-state index is 5.55. The second kappa shape index (κ2) is 4.97. The van der Waals surface area contributed by atoms with Crippen molar-refractivity contribution in [2.75, 3.05) is 19.6 Å². The topological polar surface area (TPSA) is 38.0 Å². The molecule has 1 aliphatic carbocycles. The lowest BCUT2D eigenvalue weighted by Crippen LogP contribution is -2.23. The highest BCUT2D eigenvalue weighted by Gasteiger charge is 2.36. The van der Waals surface area contributed by atoms with E-state index in [1.165, 1.54) is 38.8 Å². The fourth-order valence-electron chi connectivity index (χ4n) is 1.47. The average Bonchev–Trinajstić information content (AvgIpc) is 2.83. The van der Waals surface area contributed by atoms with Gasteiger partial charge in [0.2, 0.25) is 0 Å². The molecule has 0 aliphatic heterocycles. The number of nitrogens with two attached hydrogens (primary N) is 1. The predicted molar refractivity (Wildman–Crippen MR) is 57.7 cm³/mol. The third-order valence-corrected chi connectivity index (χ3v) is 3.11. The lowest BCUT2D eigenvalue weighted by Gasteiger charge is -2.11. The Hall–Kier alpha value is -0.0800. The van der Waals surface area contributed by atoms with Gasteiger partial charge in [0.1, 0.15) is 0 Å². The van der Waals surface area contributed by atoms with Crippen LogP contribution in [0.5, 0.6) is 0 Å². The van der Waals surface area contributed by atoms with Gasteiger partial charge in [-0.1, -0.05) is 13.8 Å². The van der Waals surface area contributed by atoms with Gasteiger partial charge in [0.25, 0.3) is 0 Å². The van der Waals surface area contributed by atoms with Crippen molar-refractivity contribution in [1.29, 1.82) is 0 Å². The summed E-state index contributed by atoms with van der Waals surface area (Å²) < 4.78 is 0. The Kier molecular flexibility index (Phi) is 4.20. The molecule has 0 aromatic carbocycles. The molecule has 0 radical (unpaired) electrons. The molecule has 1 aliphatic rings. The molecule has 1 saturated carbocycles. The number of hydrogen-bond acceptors (Lipinski definition) is 2. The molecule has 1 fully saturated rings. The van der Waals surface area contributed by atoms with Crippen LogP contribution in [0.15, 0.2) is 0 Å². The molecular formula is C11H24N2. The van der Waals surface area contributed by atoms with E-state index in [1.54, 1.807) is 0 Å². The summed E-state index contributed by atoms with van der Waals surface area (Å²) in [6.45, 7) is 7.80. The summed E-state index contributed by atoms with van der Waals surface area (Å²) in [6, 6.07) is 0. The highest BCUT2D eigenvalue weighted by atomic mass is 14.9. The first-order chi connectivity index (χ1) is 6.16. The van der Waals surface area contributed by atoms with Crippen molar-refractivity contribution in [2.24, 2.45) is 17.1 Å². The van der Waals surface area contributed by atoms with Crippen LogP contribution < -0.4 is 11.1 Å². The zero-order valence-corrected chi connectivity index (χ0v) is 9.10. The van der Waals surface area contributed by atoms with Crippen molar-refractivity contribution in [3.63, 3.8) is 0 Å². The Bertz CT molecular complexity index is 141. The quantitative estimate of drug-likeness (QED) is 0.592. The fraction of sp³-hybridized carbons (Fsp3) is 1.00. The smallest absolute Gasteiger partial charge is 0.000517 e. The molecule has 0 saturated heterocycles. The second-order valence-corrected chi connectivity index (χ2v) is 4.97. The molecule has 0 heterocycles. The standard InChI is InChI=1S/C11H24N2/c1-10(8-12)4-3-7-13-9-11(2)5-6-11/h10,13H,3-9,12H2,1-2H3. The van der Waals surface area contributed by atoms with Crippen LogP contribution >= 0.6 is 0 Å². The Balaban J connectivity index is 1.84. The molecule has 0 amide bonds. The molecule has 0 spiro atoms. The van der Waals surface area contributed by atoms with Crippen LogP contribution in [-0.4, -0.2) is 19.6 Å². The van der Waals surface area contributed by atoms with Gasteiger partial charge in [0.15, 0.2) is 0 Å². The highest BCUT2D eigenvalue weighted by Crippen LogP contribution is 2.43. The third-order valence-electron chi connectivity index (χ3n) is 3.11. The van der Waals surface area contributed by atoms with Crippen LogP contribution in [-0.2, 0) is 0 Å². The van der Waals surface area contributed by atoms with E-state index in [2.05, 4.69) is 19.2 Å². The fourth-order valence-corrected chi connectivity index (χ4v) is 1.47. The molecular weight excluding hydrogens is 160 g/mol. The summed E-state index contributed by atoms with van der Waals surface area (Å²) >= 11 is 0. The predicted octanol–water partition coefficient (Wildman–Crippen LogP) is 1.75. The normalized spacial score (nSPS) is 21.5. The number of rotatable bonds is 7. The van der Waals surface area contributed by atoms with Gasteiger partial charge in [-0.15, -0.1) is 0 Å². The molecule has 0 aromatic heterocycles. The first kappa shape index (κ1) is 11.0. The van der Waals surface area contributed by atoms with E-state index in [0.717, 1.165) is 6.54 Å². The van der Waals surface area contributed by atoms with E-state index in [9.17, 15) is 0 Å². The van der Waals surface area contributed by atoms with E-state index < -0.39 is 0 Å². The molecule has 2 nitrogen and oxygen atoms in total. The monoisotopic (exact) mass is 184 g/mol. The van der Waals surface area contributed by atoms with Crippen LogP contribution in [0.25, 0.3) is 0 Å². The molecule has 13 heavy (non-hydrogen) atoms. The molecule has 3 N–H and O–H groups in total. The van der Waals surface area contributed by atoms with Gasteiger partial charge in [-0.3, -0.25) is 0 Å². The summed E-state index contributed by atoms with van der Waals surface area (Å²) in [4.78, 5) is 0. The zero-order valence-electron chi connectivity index (χ0n) is 9.10. The van der Waals surface area contributed by atoms with Gasteiger partial charge in [-0.05, 0) is 50.1 Å². The van der Waals surface area contributed by atoms with Crippen molar-refractivity contribution in [3.05, 3.63) is 0 Å². The van der Waals surface area contributed by atoms with Gasteiger partial charge in [-0.25, -0.2) is 0 Å². The Morgan fingerprint density at radius 3 is 2.69 bits per heavy atom. The van der Waals surface area contributed by atoms with Gasteiger partial charge in [0, 0.05) is 6.54 Å². The molecule has 1 atom stereocenters. The van der Waals surface area contributed by atoms with Crippen molar-refractivity contribution < 1.29 is 0 Å². The van der Waals surface area contributed by atoms with E-state index in [0.29, 0.717) is 11.3 Å². The lowest BCUT2D eigenvalue weighted by molar-refractivity contribution is 0.462. The van der Waals surface area contributed by atoms with E-state index in [1.807, 2.05) is 0 Å².